The molecule has 1 aromatic carbocycles. The minimum absolute atomic E-state index is 0.0224. The molecule has 2 heterocycles. The van der Waals surface area contributed by atoms with Crippen LogP contribution in [0.5, 0.6) is 11.5 Å². The number of ketones is 1. The summed E-state index contributed by atoms with van der Waals surface area (Å²) in [7, 11) is 2.87. The van der Waals surface area contributed by atoms with E-state index in [1.54, 1.807) is 0 Å². The van der Waals surface area contributed by atoms with Gasteiger partial charge >= 0.3 is 5.69 Å². The number of nitrogens with zero attached hydrogens (tertiary/aromatic N) is 2. The number of allylic oxidation sites excluding steroid dienone is 1. The van der Waals surface area contributed by atoms with E-state index < -0.39 is 11.2 Å². The normalized spacial score (nSPS) is 15.0. The van der Waals surface area contributed by atoms with E-state index in [1.807, 2.05) is 0 Å². The number of hydrogen-bond acceptors (Lipinski definition) is 5. The molecule has 1 N–H and O–H groups in total. The molecule has 0 atom stereocenters. The molecule has 112 valence electrons. The Morgan fingerprint density at radius 1 is 1.18 bits per heavy atom. The first kappa shape index (κ1) is 13.9. The van der Waals surface area contributed by atoms with Gasteiger partial charge in [0.05, 0.1) is 11.1 Å². The second-order valence-electron chi connectivity index (χ2n) is 4.96. The number of fused-ring (bicyclic) bond motifs is 1. The van der Waals surface area contributed by atoms with Crippen LogP contribution in [-0.4, -0.2) is 20.0 Å². The number of ether oxygens (including phenoxy) is 1. The second-order valence-corrected chi connectivity index (χ2v) is 4.96. The maximum atomic E-state index is 12.2. The number of aromatic nitrogens is 2. The molecule has 0 amide bonds. The molecule has 0 radical (unpaired) electrons. The van der Waals surface area contributed by atoms with Gasteiger partial charge in [-0.3, -0.25) is 14.2 Å². The smallest absolute Gasteiger partial charge is 0.330 e. The summed E-state index contributed by atoms with van der Waals surface area (Å²) >= 11 is 0. The highest BCUT2D eigenvalue weighted by Gasteiger charge is 2.28. The molecular formula is C15H12N2O5. The fraction of sp³-hybridized carbons (Fsp3) is 0.133. The fourth-order valence-electron chi connectivity index (χ4n) is 2.25. The predicted octanol–water partition coefficient (Wildman–Crippen LogP) is 0.406. The van der Waals surface area contributed by atoms with Crippen molar-refractivity contribution in [3.8, 4) is 11.5 Å². The standard InChI is InChI=1S/C15H12N2O5/c1-16-7-8(14(20)17(2)15(16)21)5-12-13(19)10-4-3-9(18)6-11(10)22-12/h3-7,18H,1-2H3/b12-5-. The highest BCUT2D eigenvalue weighted by molar-refractivity contribution is 6.14. The first-order valence-corrected chi connectivity index (χ1v) is 6.42. The number of hydrogen-bond donors (Lipinski definition) is 1. The quantitative estimate of drug-likeness (QED) is 0.770. The zero-order valence-electron chi connectivity index (χ0n) is 11.9. The van der Waals surface area contributed by atoms with Crippen molar-refractivity contribution in [1.29, 1.82) is 0 Å². The van der Waals surface area contributed by atoms with Gasteiger partial charge in [0.2, 0.25) is 5.78 Å². The Hall–Kier alpha value is -3.09. The number of aromatic hydroxyl groups is 1. The lowest BCUT2D eigenvalue weighted by Gasteiger charge is -2.04. The van der Waals surface area contributed by atoms with E-state index in [0.717, 1.165) is 4.57 Å². The van der Waals surface area contributed by atoms with E-state index in [-0.39, 0.29) is 28.6 Å². The van der Waals surface area contributed by atoms with Gasteiger partial charge in [0, 0.05) is 26.4 Å². The molecule has 2 aromatic rings. The summed E-state index contributed by atoms with van der Waals surface area (Å²) in [4.78, 5) is 35.9. The SMILES string of the molecule is Cn1cc(/C=C2\Oc3cc(O)ccc3C2=O)c(=O)n(C)c1=O. The maximum Gasteiger partial charge on any atom is 0.330 e. The number of phenols is 1. The maximum absolute atomic E-state index is 12.2. The summed E-state index contributed by atoms with van der Waals surface area (Å²) in [6.45, 7) is 0. The summed E-state index contributed by atoms with van der Waals surface area (Å²) in [5, 5.41) is 9.40. The van der Waals surface area contributed by atoms with Crippen LogP contribution in [-0.2, 0) is 14.1 Å². The molecule has 1 aliphatic heterocycles. The van der Waals surface area contributed by atoms with Crippen LogP contribution in [0.3, 0.4) is 0 Å². The molecule has 0 bridgehead atoms. The van der Waals surface area contributed by atoms with Gasteiger partial charge in [0.25, 0.3) is 5.56 Å². The van der Waals surface area contributed by atoms with Gasteiger partial charge in [0.15, 0.2) is 5.76 Å². The van der Waals surface area contributed by atoms with Crippen LogP contribution in [0.15, 0.2) is 39.7 Å². The minimum Gasteiger partial charge on any atom is -0.508 e. The first-order chi connectivity index (χ1) is 10.4. The van der Waals surface area contributed by atoms with Gasteiger partial charge in [-0.1, -0.05) is 0 Å². The first-order valence-electron chi connectivity index (χ1n) is 6.42. The summed E-state index contributed by atoms with van der Waals surface area (Å²) in [6, 6.07) is 4.16. The highest BCUT2D eigenvalue weighted by Crippen LogP contribution is 2.34. The van der Waals surface area contributed by atoms with Crippen molar-refractivity contribution in [2.24, 2.45) is 14.1 Å². The Balaban J connectivity index is 2.11. The molecule has 1 aliphatic rings. The average molecular weight is 300 g/mol. The summed E-state index contributed by atoms with van der Waals surface area (Å²) in [5.74, 6) is -0.203. The monoisotopic (exact) mass is 300 g/mol. The average Bonchev–Trinajstić information content (AvgIpc) is 2.78. The van der Waals surface area contributed by atoms with E-state index >= 15 is 0 Å². The van der Waals surface area contributed by atoms with Gasteiger partial charge in [-0.2, -0.15) is 0 Å². The zero-order valence-corrected chi connectivity index (χ0v) is 11.9. The molecule has 3 rings (SSSR count). The Labute approximate surface area is 124 Å². The number of benzene rings is 1. The lowest BCUT2D eigenvalue weighted by atomic mass is 10.1. The highest BCUT2D eigenvalue weighted by atomic mass is 16.5. The van der Waals surface area contributed by atoms with Gasteiger partial charge in [-0.25, -0.2) is 4.79 Å². The number of rotatable bonds is 1. The lowest BCUT2D eigenvalue weighted by molar-refractivity contribution is 0.101. The Morgan fingerprint density at radius 3 is 2.64 bits per heavy atom. The Bertz CT molecular complexity index is 949. The van der Waals surface area contributed by atoms with Crippen LogP contribution in [0.4, 0.5) is 0 Å². The van der Waals surface area contributed by atoms with Crippen molar-refractivity contribution < 1.29 is 14.6 Å². The van der Waals surface area contributed by atoms with Crippen LogP contribution in [0.1, 0.15) is 15.9 Å². The molecule has 0 saturated heterocycles. The predicted molar refractivity (Wildman–Crippen MR) is 78.0 cm³/mol. The van der Waals surface area contributed by atoms with Crippen molar-refractivity contribution in [2.45, 2.75) is 0 Å². The molecule has 1 aromatic heterocycles. The Morgan fingerprint density at radius 2 is 1.91 bits per heavy atom. The summed E-state index contributed by atoms with van der Waals surface area (Å²) in [6.07, 6.45) is 2.63. The van der Waals surface area contributed by atoms with Crippen LogP contribution in [0.2, 0.25) is 0 Å². The van der Waals surface area contributed by atoms with Crippen molar-refractivity contribution in [2.75, 3.05) is 0 Å². The van der Waals surface area contributed by atoms with Crippen LogP contribution < -0.4 is 16.0 Å². The van der Waals surface area contributed by atoms with E-state index in [2.05, 4.69) is 0 Å². The molecule has 0 aliphatic carbocycles. The van der Waals surface area contributed by atoms with E-state index in [1.165, 1.54) is 49.1 Å². The van der Waals surface area contributed by atoms with Crippen molar-refractivity contribution in [3.05, 3.63) is 62.1 Å². The summed E-state index contributed by atoms with van der Waals surface area (Å²) in [5.41, 5.74) is -0.513. The van der Waals surface area contributed by atoms with E-state index in [0.29, 0.717) is 5.56 Å². The zero-order chi connectivity index (χ0) is 16.0. The molecule has 0 unspecified atom stereocenters. The molecule has 0 fully saturated rings. The van der Waals surface area contributed by atoms with Crippen LogP contribution in [0.25, 0.3) is 6.08 Å². The number of carbonyl (C=O) groups is 1. The van der Waals surface area contributed by atoms with Gasteiger partial charge in [-0.05, 0) is 18.2 Å². The molecule has 0 saturated carbocycles. The number of Topliss-reactive ketones (excluding diaryl/α,β-unsaturated/α-hetero) is 1. The Kier molecular flexibility index (Phi) is 2.98. The topological polar surface area (TPSA) is 90.5 Å². The lowest BCUT2D eigenvalue weighted by Crippen LogP contribution is -2.37. The molecule has 7 nitrogen and oxygen atoms in total. The van der Waals surface area contributed by atoms with Crippen LogP contribution >= 0.6 is 0 Å². The minimum atomic E-state index is -0.522. The largest absolute Gasteiger partial charge is 0.508 e. The second kappa shape index (κ2) is 4.73. The third-order valence-electron chi connectivity index (χ3n) is 3.41. The molecule has 0 spiro atoms. The van der Waals surface area contributed by atoms with E-state index in [9.17, 15) is 19.5 Å². The van der Waals surface area contributed by atoms with Crippen molar-refractivity contribution >= 4 is 11.9 Å². The number of aryl methyl sites for hydroxylation is 1. The molecule has 7 heteroatoms. The van der Waals surface area contributed by atoms with Gasteiger partial charge in [-0.15, -0.1) is 0 Å². The van der Waals surface area contributed by atoms with E-state index in [4.69, 9.17) is 4.74 Å². The number of carbonyl (C=O) groups excluding carboxylic acids is 1. The third kappa shape index (κ3) is 2.03. The summed E-state index contributed by atoms with van der Waals surface area (Å²) < 4.78 is 7.58. The fourth-order valence-corrected chi connectivity index (χ4v) is 2.25. The number of phenolic OH excluding ortho intramolecular Hbond substituents is 1. The van der Waals surface area contributed by atoms with Crippen molar-refractivity contribution in [1.82, 2.24) is 9.13 Å². The van der Waals surface area contributed by atoms with Gasteiger partial charge < -0.3 is 14.4 Å². The van der Waals surface area contributed by atoms with Gasteiger partial charge in [0.1, 0.15) is 11.5 Å². The molecular weight excluding hydrogens is 288 g/mol. The van der Waals surface area contributed by atoms with Crippen molar-refractivity contribution in [3.63, 3.8) is 0 Å². The third-order valence-corrected chi connectivity index (χ3v) is 3.41. The molecule has 22 heavy (non-hydrogen) atoms. The van der Waals surface area contributed by atoms with Crippen LogP contribution in [0, 0.1) is 0 Å².